The lowest BCUT2D eigenvalue weighted by Crippen LogP contribution is -2.33. The number of benzene rings is 1. The van der Waals surface area contributed by atoms with Gasteiger partial charge >= 0.3 is 0 Å². The number of ether oxygens (including phenoxy) is 1. The van der Waals surface area contributed by atoms with Gasteiger partial charge in [0.2, 0.25) is 5.91 Å². The number of hydrogen-bond donors (Lipinski definition) is 1. The van der Waals surface area contributed by atoms with Crippen LogP contribution in [0.4, 0.5) is 4.39 Å². The molecule has 5 heteroatoms. The van der Waals surface area contributed by atoms with Gasteiger partial charge in [-0.3, -0.25) is 10.1 Å². The third-order valence-corrected chi connectivity index (χ3v) is 4.08. The smallest absolute Gasteiger partial charge is 0.244 e. The maximum Gasteiger partial charge on any atom is 0.244 e. The summed E-state index contributed by atoms with van der Waals surface area (Å²) in [6, 6.07) is 6.36. The van der Waals surface area contributed by atoms with E-state index in [4.69, 9.17) is 4.74 Å². The van der Waals surface area contributed by atoms with Crippen LogP contribution in [0.25, 0.3) is 0 Å². The van der Waals surface area contributed by atoms with E-state index in [1.807, 2.05) is 4.90 Å². The highest BCUT2D eigenvalue weighted by Crippen LogP contribution is 2.45. The van der Waals surface area contributed by atoms with Crippen molar-refractivity contribution >= 4 is 5.91 Å². The van der Waals surface area contributed by atoms with Gasteiger partial charge in [0, 0.05) is 20.3 Å². The molecule has 1 aromatic rings. The topological polar surface area (TPSA) is 41.6 Å². The SMILES string of the molecule is COCCCN1C(=O)C2(CC2)NC1c1ccc(F)cc1. The summed E-state index contributed by atoms with van der Waals surface area (Å²) in [4.78, 5) is 14.3. The summed E-state index contributed by atoms with van der Waals surface area (Å²) in [7, 11) is 1.66. The number of carbonyl (C=O) groups is 1. The minimum absolute atomic E-state index is 0.151. The highest BCUT2D eigenvalue weighted by Gasteiger charge is 2.59. The molecule has 108 valence electrons. The molecule has 1 aromatic carbocycles. The first-order valence-electron chi connectivity index (χ1n) is 6.99. The Morgan fingerprint density at radius 3 is 2.70 bits per heavy atom. The van der Waals surface area contributed by atoms with Crippen molar-refractivity contribution in [2.45, 2.75) is 31.0 Å². The molecule has 20 heavy (non-hydrogen) atoms. The molecule has 1 amide bonds. The van der Waals surface area contributed by atoms with E-state index in [1.54, 1.807) is 19.2 Å². The van der Waals surface area contributed by atoms with Crippen molar-refractivity contribution in [1.82, 2.24) is 10.2 Å². The fraction of sp³-hybridized carbons (Fsp3) is 0.533. The number of nitrogens with zero attached hydrogens (tertiary/aromatic N) is 1. The number of nitrogens with one attached hydrogen (secondary N) is 1. The molecule has 2 fully saturated rings. The predicted molar refractivity (Wildman–Crippen MR) is 72.4 cm³/mol. The van der Waals surface area contributed by atoms with Crippen molar-refractivity contribution in [2.24, 2.45) is 0 Å². The molecule has 0 bridgehead atoms. The summed E-state index contributed by atoms with van der Waals surface area (Å²) in [6.07, 6.45) is 2.44. The third-order valence-electron chi connectivity index (χ3n) is 4.08. The summed E-state index contributed by atoms with van der Waals surface area (Å²) < 4.78 is 18.1. The highest BCUT2D eigenvalue weighted by atomic mass is 19.1. The van der Waals surface area contributed by atoms with Crippen LogP contribution in [-0.4, -0.2) is 36.6 Å². The van der Waals surface area contributed by atoms with Gasteiger partial charge in [-0.25, -0.2) is 4.39 Å². The second-order valence-electron chi connectivity index (χ2n) is 5.53. The zero-order valence-electron chi connectivity index (χ0n) is 11.6. The van der Waals surface area contributed by atoms with Crippen LogP contribution in [0, 0.1) is 5.82 Å². The van der Waals surface area contributed by atoms with E-state index in [1.165, 1.54) is 12.1 Å². The van der Waals surface area contributed by atoms with Crippen molar-refractivity contribution < 1.29 is 13.9 Å². The quantitative estimate of drug-likeness (QED) is 0.835. The van der Waals surface area contributed by atoms with E-state index in [-0.39, 0.29) is 23.4 Å². The lowest BCUT2D eigenvalue weighted by molar-refractivity contribution is -0.131. The molecule has 2 aliphatic rings. The zero-order chi connectivity index (χ0) is 14.2. The summed E-state index contributed by atoms with van der Waals surface area (Å²) >= 11 is 0. The largest absolute Gasteiger partial charge is 0.385 e. The number of amides is 1. The molecule has 3 rings (SSSR count). The van der Waals surface area contributed by atoms with Gasteiger partial charge in [0.05, 0.1) is 0 Å². The van der Waals surface area contributed by atoms with Crippen molar-refractivity contribution in [1.29, 1.82) is 0 Å². The van der Waals surface area contributed by atoms with Gasteiger partial charge in [-0.1, -0.05) is 12.1 Å². The Bertz CT molecular complexity index is 499. The summed E-state index contributed by atoms with van der Waals surface area (Å²) in [5.74, 6) is -0.0898. The Kier molecular flexibility index (Phi) is 3.48. The van der Waals surface area contributed by atoms with Crippen molar-refractivity contribution in [2.75, 3.05) is 20.3 Å². The number of halogens is 1. The summed E-state index contributed by atoms with van der Waals surface area (Å²) in [5.41, 5.74) is 0.576. The van der Waals surface area contributed by atoms with E-state index < -0.39 is 0 Å². The lowest BCUT2D eigenvalue weighted by Gasteiger charge is -2.24. The van der Waals surface area contributed by atoms with Crippen LogP contribution < -0.4 is 5.32 Å². The lowest BCUT2D eigenvalue weighted by atomic mass is 10.1. The first-order chi connectivity index (χ1) is 9.66. The number of hydrogen-bond acceptors (Lipinski definition) is 3. The van der Waals surface area contributed by atoms with Gasteiger partial charge in [0.1, 0.15) is 17.5 Å². The fourth-order valence-electron chi connectivity index (χ4n) is 2.79. The van der Waals surface area contributed by atoms with Crippen molar-refractivity contribution in [3.8, 4) is 0 Å². The molecule has 1 saturated carbocycles. The van der Waals surface area contributed by atoms with Crippen molar-refractivity contribution in [3.63, 3.8) is 0 Å². The normalized spacial score (nSPS) is 23.6. The first-order valence-corrected chi connectivity index (χ1v) is 6.99. The van der Waals surface area contributed by atoms with Crippen LogP contribution in [0.1, 0.15) is 31.0 Å². The highest BCUT2D eigenvalue weighted by molar-refractivity contribution is 5.92. The van der Waals surface area contributed by atoms with E-state index in [9.17, 15) is 9.18 Å². The molecular formula is C15H19FN2O2. The second kappa shape index (κ2) is 5.14. The molecule has 0 aromatic heterocycles. The molecular weight excluding hydrogens is 259 g/mol. The molecule has 1 saturated heterocycles. The zero-order valence-corrected chi connectivity index (χ0v) is 11.6. The molecule has 1 spiro atoms. The Morgan fingerprint density at radius 1 is 1.40 bits per heavy atom. The maximum absolute atomic E-state index is 13.0. The van der Waals surface area contributed by atoms with Crippen LogP contribution in [-0.2, 0) is 9.53 Å². The minimum atomic E-state index is -0.355. The first kappa shape index (κ1) is 13.5. The monoisotopic (exact) mass is 278 g/mol. The van der Waals surface area contributed by atoms with Gasteiger partial charge in [-0.05, 0) is 37.0 Å². The summed E-state index contributed by atoms with van der Waals surface area (Å²) in [5, 5.41) is 3.42. The number of rotatable bonds is 5. The van der Waals surface area contributed by atoms with Gasteiger partial charge < -0.3 is 9.64 Å². The van der Waals surface area contributed by atoms with Crippen LogP contribution in [0.2, 0.25) is 0 Å². The molecule has 0 radical (unpaired) electrons. The molecule has 1 heterocycles. The molecule has 4 nitrogen and oxygen atoms in total. The van der Waals surface area contributed by atoms with Gasteiger partial charge in [-0.2, -0.15) is 0 Å². The van der Waals surface area contributed by atoms with Gasteiger partial charge in [-0.15, -0.1) is 0 Å². The van der Waals surface area contributed by atoms with Gasteiger partial charge in [0.15, 0.2) is 0 Å². The molecule has 1 aliphatic heterocycles. The average Bonchev–Trinajstić information content (AvgIpc) is 3.18. The van der Waals surface area contributed by atoms with E-state index in [2.05, 4.69) is 5.32 Å². The standard InChI is InChI=1S/C15H19FN2O2/c1-20-10-2-9-18-13(11-3-5-12(16)6-4-11)17-15(7-8-15)14(18)19/h3-6,13,17H,2,7-10H2,1H3. The second-order valence-corrected chi connectivity index (χ2v) is 5.53. The van der Waals surface area contributed by atoms with E-state index in [0.717, 1.165) is 24.8 Å². The Labute approximate surface area is 117 Å². The molecule has 1 unspecified atom stereocenters. The molecule has 1 aliphatic carbocycles. The minimum Gasteiger partial charge on any atom is -0.385 e. The molecule has 1 atom stereocenters. The van der Waals surface area contributed by atoms with Crippen molar-refractivity contribution in [3.05, 3.63) is 35.6 Å². The van der Waals surface area contributed by atoms with E-state index in [0.29, 0.717) is 13.2 Å². The Morgan fingerprint density at radius 2 is 2.10 bits per heavy atom. The average molecular weight is 278 g/mol. The number of methoxy groups -OCH3 is 1. The van der Waals surface area contributed by atoms with Crippen LogP contribution in [0.3, 0.4) is 0 Å². The number of carbonyl (C=O) groups excluding carboxylic acids is 1. The Hall–Kier alpha value is -1.46. The third kappa shape index (κ3) is 2.31. The van der Waals surface area contributed by atoms with Crippen LogP contribution >= 0.6 is 0 Å². The van der Waals surface area contributed by atoms with Crippen LogP contribution in [0.5, 0.6) is 0 Å². The van der Waals surface area contributed by atoms with Crippen LogP contribution in [0.15, 0.2) is 24.3 Å². The maximum atomic E-state index is 13.0. The van der Waals surface area contributed by atoms with Gasteiger partial charge in [0.25, 0.3) is 0 Å². The fourth-order valence-corrected chi connectivity index (χ4v) is 2.79. The Balaban J connectivity index is 1.79. The molecule has 1 N–H and O–H groups in total. The predicted octanol–water partition coefficient (Wildman–Crippen LogP) is 1.83. The summed E-state index contributed by atoms with van der Waals surface area (Å²) in [6.45, 7) is 1.29. The van der Waals surface area contributed by atoms with E-state index >= 15 is 0 Å².